The van der Waals surface area contributed by atoms with E-state index in [-0.39, 0.29) is 29.1 Å². The molecule has 0 saturated carbocycles. The maximum absolute atomic E-state index is 12.7. The van der Waals surface area contributed by atoms with Gasteiger partial charge in [-0.25, -0.2) is 18.0 Å². The summed E-state index contributed by atoms with van der Waals surface area (Å²) >= 11 is 0. The number of carboxylic acids is 1. The van der Waals surface area contributed by atoms with Crippen LogP contribution in [0.3, 0.4) is 0 Å². The summed E-state index contributed by atoms with van der Waals surface area (Å²) in [5.74, 6) is -1.11. The fraction of sp³-hybridized carbons (Fsp3) is 0.500. The van der Waals surface area contributed by atoms with Gasteiger partial charge in [0.15, 0.2) is 0 Å². The van der Waals surface area contributed by atoms with Gasteiger partial charge in [-0.3, -0.25) is 0 Å². The van der Waals surface area contributed by atoms with E-state index >= 15 is 0 Å². The van der Waals surface area contributed by atoms with Crippen LogP contribution in [0.2, 0.25) is 0 Å². The summed E-state index contributed by atoms with van der Waals surface area (Å²) in [6, 6.07) is 4.97. The molecule has 1 aromatic rings. The molecule has 1 heterocycles. The third-order valence-electron chi connectivity index (χ3n) is 3.89. The van der Waals surface area contributed by atoms with Gasteiger partial charge in [0.25, 0.3) is 0 Å². The largest absolute Gasteiger partial charge is 0.478 e. The Kier molecular flexibility index (Phi) is 6.02. The molecule has 1 fully saturated rings. The Balaban J connectivity index is 2.10. The van der Waals surface area contributed by atoms with Gasteiger partial charge in [-0.2, -0.15) is 4.31 Å². The smallest absolute Gasteiger partial charge is 0.335 e. The SMILES string of the molecule is CC(C)NC(=O)N1CCCN(S(=O)(=O)c2ccc(C(=O)O)cc2)CC1. The zero-order valence-electron chi connectivity index (χ0n) is 14.3. The van der Waals surface area contributed by atoms with E-state index in [1.165, 1.54) is 28.6 Å². The molecule has 2 N–H and O–H groups in total. The lowest BCUT2D eigenvalue weighted by molar-refractivity contribution is 0.0696. The van der Waals surface area contributed by atoms with E-state index in [1.807, 2.05) is 13.8 Å². The van der Waals surface area contributed by atoms with Crippen LogP contribution in [0.1, 0.15) is 30.6 Å². The number of nitrogens with zero attached hydrogens (tertiary/aromatic N) is 2. The van der Waals surface area contributed by atoms with Crippen molar-refractivity contribution in [3.63, 3.8) is 0 Å². The Morgan fingerprint density at radius 2 is 1.72 bits per heavy atom. The van der Waals surface area contributed by atoms with E-state index < -0.39 is 16.0 Å². The van der Waals surface area contributed by atoms with Gasteiger partial charge >= 0.3 is 12.0 Å². The first kappa shape index (κ1) is 19.2. The highest BCUT2D eigenvalue weighted by molar-refractivity contribution is 7.89. The fourth-order valence-corrected chi connectivity index (χ4v) is 4.06. The first-order chi connectivity index (χ1) is 11.7. The summed E-state index contributed by atoms with van der Waals surface area (Å²) in [5, 5.41) is 11.7. The Bertz CT molecular complexity index is 731. The lowest BCUT2D eigenvalue weighted by atomic mass is 10.2. The molecule has 8 nitrogen and oxygen atoms in total. The predicted molar refractivity (Wildman–Crippen MR) is 92.0 cm³/mol. The van der Waals surface area contributed by atoms with Gasteiger partial charge in [-0.1, -0.05) is 0 Å². The molecule has 0 spiro atoms. The van der Waals surface area contributed by atoms with Crippen molar-refractivity contribution in [3.8, 4) is 0 Å². The molecule has 0 bridgehead atoms. The summed E-state index contributed by atoms with van der Waals surface area (Å²) in [7, 11) is -3.72. The van der Waals surface area contributed by atoms with E-state index in [9.17, 15) is 18.0 Å². The molecule has 0 aromatic heterocycles. The lowest BCUT2D eigenvalue weighted by Crippen LogP contribution is -2.44. The Hall–Kier alpha value is -2.13. The van der Waals surface area contributed by atoms with Crippen LogP contribution in [0.4, 0.5) is 4.79 Å². The second kappa shape index (κ2) is 7.83. The number of hydrogen-bond acceptors (Lipinski definition) is 4. The number of carbonyl (C=O) groups is 2. The van der Waals surface area contributed by atoms with Gasteiger partial charge in [0, 0.05) is 32.2 Å². The number of carboxylic acid groups (broad SMARTS) is 1. The standard InChI is InChI=1S/C16H23N3O5S/c1-12(2)17-16(22)18-8-3-9-19(11-10-18)25(23,24)14-6-4-13(5-7-14)15(20)21/h4-7,12H,3,8-11H2,1-2H3,(H,17,22)(H,20,21). The van der Waals surface area contributed by atoms with Crippen molar-refractivity contribution >= 4 is 22.0 Å². The van der Waals surface area contributed by atoms with Gasteiger partial charge in [-0.05, 0) is 44.5 Å². The number of sulfonamides is 1. The molecule has 0 aliphatic carbocycles. The molecule has 0 atom stereocenters. The molecule has 1 aliphatic heterocycles. The van der Waals surface area contributed by atoms with Crippen LogP contribution in [0.25, 0.3) is 0 Å². The van der Waals surface area contributed by atoms with E-state index in [2.05, 4.69) is 5.32 Å². The molecule has 0 radical (unpaired) electrons. The molecular formula is C16H23N3O5S. The van der Waals surface area contributed by atoms with E-state index in [0.717, 1.165) is 0 Å². The van der Waals surface area contributed by atoms with Crippen LogP contribution in [0, 0.1) is 0 Å². The average molecular weight is 369 g/mol. The Morgan fingerprint density at radius 1 is 1.08 bits per heavy atom. The second-order valence-corrected chi connectivity index (χ2v) is 8.12. The molecule has 2 rings (SSSR count). The van der Waals surface area contributed by atoms with Crippen LogP contribution in [-0.4, -0.2) is 67.0 Å². The zero-order valence-corrected chi connectivity index (χ0v) is 15.1. The first-order valence-corrected chi connectivity index (χ1v) is 9.55. The predicted octanol–water partition coefficient (Wildman–Crippen LogP) is 1.20. The van der Waals surface area contributed by atoms with Crippen molar-refractivity contribution in [1.29, 1.82) is 0 Å². The third-order valence-corrected chi connectivity index (χ3v) is 5.81. The van der Waals surface area contributed by atoms with E-state index in [4.69, 9.17) is 5.11 Å². The molecule has 0 unspecified atom stereocenters. The zero-order chi connectivity index (χ0) is 18.6. The van der Waals surface area contributed by atoms with E-state index in [1.54, 1.807) is 4.90 Å². The molecule has 25 heavy (non-hydrogen) atoms. The number of amides is 2. The van der Waals surface area contributed by atoms with Gasteiger partial charge in [0.1, 0.15) is 0 Å². The highest BCUT2D eigenvalue weighted by Gasteiger charge is 2.28. The maximum atomic E-state index is 12.7. The summed E-state index contributed by atoms with van der Waals surface area (Å²) < 4.78 is 26.8. The molecule has 1 aliphatic rings. The van der Waals surface area contributed by atoms with Crippen molar-refractivity contribution < 1.29 is 23.1 Å². The highest BCUT2D eigenvalue weighted by Crippen LogP contribution is 2.18. The number of urea groups is 1. The first-order valence-electron chi connectivity index (χ1n) is 8.11. The van der Waals surface area contributed by atoms with Crippen molar-refractivity contribution in [2.45, 2.75) is 31.2 Å². The van der Waals surface area contributed by atoms with Crippen molar-refractivity contribution in [2.24, 2.45) is 0 Å². The summed E-state index contributed by atoms with van der Waals surface area (Å²) in [5.41, 5.74) is 0.0337. The minimum atomic E-state index is -3.72. The summed E-state index contributed by atoms with van der Waals surface area (Å²) in [4.78, 5) is 24.6. The molecule has 138 valence electrons. The number of nitrogens with one attached hydrogen (secondary N) is 1. The lowest BCUT2D eigenvalue weighted by Gasteiger charge is -2.23. The van der Waals surface area contributed by atoms with Crippen molar-refractivity contribution in [3.05, 3.63) is 29.8 Å². The number of carbonyl (C=O) groups excluding carboxylic acids is 1. The number of aromatic carboxylic acids is 1. The van der Waals surface area contributed by atoms with Crippen molar-refractivity contribution in [1.82, 2.24) is 14.5 Å². The highest BCUT2D eigenvalue weighted by atomic mass is 32.2. The minimum Gasteiger partial charge on any atom is -0.478 e. The fourth-order valence-electron chi connectivity index (χ4n) is 2.59. The summed E-state index contributed by atoms with van der Waals surface area (Å²) in [6.07, 6.45) is 0.540. The quantitative estimate of drug-likeness (QED) is 0.829. The van der Waals surface area contributed by atoms with Gasteiger partial charge in [0.05, 0.1) is 10.5 Å². The summed E-state index contributed by atoms with van der Waals surface area (Å²) in [6.45, 7) is 5.05. The average Bonchev–Trinajstić information content (AvgIpc) is 2.81. The molecule has 1 aromatic carbocycles. The van der Waals surface area contributed by atoms with Gasteiger partial charge < -0.3 is 15.3 Å². The van der Waals surface area contributed by atoms with Crippen LogP contribution in [-0.2, 0) is 10.0 Å². The third kappa shape index (κ3) is 4.70. The van der Waals surface area contributed by atoms with Crippen LogP contribution in [0.15, 0.2) is 29.2 Å². The maximum Gasteiger partial charge on any atom is 0.335 e. The van der Waals surface area contributed by atoms with Crippen LogP contribution >= 0.6 is 0 Å². The second-order valence-electron chi connectivity index (χ2n) is 6.18. The minimum absolute atomic E-state index is 0.0170. The molecular weight excluding hydrogens is 346 g/mol. The van der Waals surface area contributed by atoms with E-state index in [0.29, 0.717) is 26.1 Å². The number of hydrogen-bond donors (Lipinski definition) is 2. The Labute approximate surface area is 147 Å². The van der Waals surface area contributed by atoms with Crippen LogP contribution < -0.4 is 5.32 Å². The molecule has 1 saturated heterocycles. The topological polar surface area (TPSA) is 107 Å². The van der Waals surface area contributed by atoms with Crippen LogP contribution in [0.5, 0.6) is 0 Å². The normalized spacial score (nSPS) is 16.5. The molecule has 9 heteroatoms. The van der Waals surface area contributed by atoms with Gasteiger partial charge in [0.2, 0.25) is 10.0 Å². The number of benzene rings is 1. The van der Waals surface area contributed by atoms with Crippen molar-refractivity contribution in [2.75, 3.05) is 26.2 Å². The molecule has 2 amide bonds. The Morgan fingerprint density at radius 3 is 2.28 bits per heavy atom. The number of rotatable bonds is 4. The monoisotopic (exact) mass is 369 g/mol. The van der Waals surface area contributed by atoms with Gasteiger partial charge in [-0.15, -0.1) is 0 Å².